The van der Waals surface area contributed by atoms with Crippen LogP contribution in [0.1, 0.15) is 26.3 Å². The zero-order valence-corrected chi connectivity index (χ0v) is 16.9. The molecule has 0 spiro atoms. The smallest absolute Gasteiger partial charge is 0.244 e. The Morgan fingerprint density at radius 1 is 1.14 bits per heavy atom. The molecular formula is C20H25FN2O4S. The Labute approximate surface area is 165 Å². The van der Waals surface area contributed by atoms with Crippen molar-refractivity contribution in [3.63, 3.8) is 0 Å². The van der Waals surface area contributed by atoms with Gasteiger partial charge in [0.2, 0.25) is 15.9 Å². The number of rotatable bonds is 9. The molecule has 0 fully saturated rings. The Hall–Kier alpha value is -2.45. The average Bonchev–Trinajstić information content (AvgIpc) is 2.65. The maximum atomic E-state index is 13.9. The monoisotopic (exact) mass is 408 g/mol. The van der Waals surface area contributed by atoms with E-state index < -0.39 is 32.7 Å². The van der Waals surface area contributed by atoms with E-state index in [2.05, 4.69) is 10.0 Å². The predicted octanol–water partition coefficient (Wildman–Crippen LogP) is 2.84. The zero-order valence-electron chi connectivity index (χ0n) is 16.1. The minimum atomic E-state index is -4.18. The Kier molecular flexibility index (Phi) is 7.53. The fraction of sp³-hybridized carbons (Fsp3) is 0.350. The molecule has 2 rings (SSSR count). The van der Waals surface area contributed by atoms with Crippen LogP contribution in [0.2, 0.25) is 0 Å². The second-order valence-corrected chi connectivity index (χ2v) is 8.25. The van der Waals surface area contributed by atoms with Crippen molar-refractivity contribution < 1.29 is 22.3 Å². The van der Waals surface area contributed by atoms with Gasteiger partial charge in [0.25, 0.3) is 0 Å². The van der Waals surface area contributed by atoms with Crippen molar-refractivity contribution in [2.24, 2.45) is 5.92 Å². The van der Waals surface area contributed by atoms with Gasteiger partial charge in [-0.2, -0.15) is 4.72 Å². The van der Waals surface area contributed by atoms with Gasteiger partial charge >= 0.3 is 0 Å². The van der Waals surface area contributed by atoms with Crippen LogP contribution in [-0.4, -0.2) is 27.0 Å². The summed E-state index contributed by atoms with van der Waals surface area (Å²) in [7, 11) is -4.18. The molecule has 0 bridgehead atoms. The van der Waals surface area contributed by atoms with Gasteiger partial charge in [0.15, 0.2) is 0 Å². The fourth-order valence-electron chi connectivity index (χ4n) is 2.60. The highest BCUT2D eigenvalue weighted by molar-refractivity contribution is 7.89. The van der Waals surface area contributed by atoms with Crippen LogP contribution in [0.25, 0.3) is 0 Å². The van der Waals surface area contributed by atoms with E-state index in [1.807, 2.05) is 25.1 Å². The molecule has 1 atom stereocenters. The van der Waals surface area contributed by atoms with Gasteiger partial charge in [-0.1, -0.05) is 38.1 Å². The highest BCUT2D eigenvalue weighted by Crippen LogP contribution is 2.16. The van der Waals surface area contributed by atoms with E-state index in [0.29, 0.717) is 12.4 Å². The summed E-state index contributed by atoms with van der Waals surface area (Å²) in [6.07, 6.45) is 0. The van der Waals surface area contributed by atoms with Crippen molar-refractivity contribution in [1.29, 1.82) is 0 Å². The topological polar surface area (TPSA) is 84.5 Å². The molecule has 8 heteroatoms. The number of hydrogen-bond donors (Lipinski definition) is 2. The third kappa shape index (κ3) is 5.77. The van der Waals surface area contributed by atoms with Crippen molar-refractivity contribution in [2.45, 2.75) is 38.3 Å². The standard InChI is InChI=1S/C20H25FN2O4S/c1-4-27-16-9-7-8-15(12-16)13-22-20(24)19(14(2)3)23-28(25,26)18-11-6-5-10-17(18)21/h5-12,14,19,23H,4,13H2,1-3H3,(H,22,24)/t19-/m0/s1. The largest absolute Gasteiger partial charge is 0.494 e. The van der Waals surface area contributed by atoms with Crippen LogP contribution in [0, 0.1) is 11.7 Å². The maximum Gasteiger partial charge on any atom is 0.244 e. The van der Waals surface area contributed by atoms with Gasteiger partial charge in [-0.05, 0) is 42.7 Å². The second-order valence-electron chi connectivity index (χ2n) is 6.57. The van der Waals surface area contributed by atoms with E-state index in [1.54, 1.807) is 19.9 Å². The zero-order chi connectivity index (χ0) is 20.7. The molecule has 152 valence electrons. The molecule has 0 saturated carbocycles. The lowest BCUT2D eigenvalue weighted by molar-refractivity contribution is -0.123. The van der Waals surface area contributed by atoms with Crippen molar-refractivity contribution in [3.05, 3.63) is 59.9 Å². The van der Waals surface area contributed by atoms with Gasteiger partial charge in [-0.25, -0.2) is 12.8 Å². The molecule has 0 aromatic heterocycles. The normalized spacial score (nSPS) is 12.6. The van der Waals surface area contributed by atoms with Crippen molar-refractivity contribution in [1.82, 2.24) is 10.0 Å². The summed E-state index contributed by atoms with van der Waals surface area (Å²) in [6.45, 7) is 6.05. The minimum Gasteiger partial charge on any atom is -0.494 e. The number of carbonyl (C=O) groups excluding carboxylic acids is 1. The molecule has 0 aliphatic heterocycles. The summed E-state index contributed by atoms with van der Waals surface area (Å²) >= 11 is 0. The van der Waals surface area contributed by atoms with E-state index in [4.69, 9.17) is 4.74 Å². The molecule has 0 radical (unpaired) electrons. The molecule has 1 amide bonds. The fourth-order valence-corrected chi connectivity index (χ4v) is 4.02. The van der Waals surface area contributed by atoms with Crippen molar-refractivity contribution >= 4 is 15.9 Å². The van der Waals surface area contributed by atoms with Crippen LogP contribution < -0.4 is 14.8 Å². The number of hydrogen-bond acceptors (Lipinski definition) is 4. The Morgan fingerprint density at radius 3 is 2.50 bits per heavy atom. The van der Waals surface area contributed by atoms with Crippen LogP contribution in [0.4, 0.5) is 4.39 Å². The second kappa shape index (κ2) is 9.66. The third-order valence-electron chi connectivity index (χ3n) is 4.03. The summed E-state index contributed by atoms with van der Waals surface area (Å²) in [5.74, 6) is -1.01. The van der Waals surface area contributed by atoms with Gasteiger partial charge in [0.05, 0.1) is 6.61 Å². The number of benzene rings is 2. The van der Waals surface area contributed by atoms with E-state index >= 15 is 0 Å². The number of ether oxygens (including phenoxy) is 1. The Bertz CT molecular complexity index is 916. The average molecular weight is 408 g/mol. The minimum absolute atomic E-state index is 0.213. The molecule has 0 aliphatic rings. The molecule has 0 unspecified atom stereocenters. The lowest BCUT2D eigenvalue weighted by Crippen LogP contribution is -2.49. The van der Waals surface area contributed by atoms with Crippen LogP contribution in [0.5, 0.6) is 5.75 Å². The van der Waals surface area contributed by atoms with Gasteiger partial charge < -0.3 is 10.1 Å². The summed E-state index contributed by atoms with van der Waals surface area (Å²) in [5.41, 5.74) is 0.818. The molecule has 2 aromatic carbocycles. The highest BCUT2D eigenvalue weighted by Gasteiger charge is 2.29. The predicted molar refractivity (Wildman–Crippen MR) is 105 cm³/mol. The van der Waals surface area contributed by atoms with Crippen LogP contribution in [0.15, 0.2) is 53.4 Å². The molecule has 0 saturated heterocycles. The van der Waals surface area contributed by atoms with Gasteiger partial charge in [-0.15, -0.1) is 0 Å². The van der Waals surface area contributed by atoms with Crippen LogP contribution >= 0.6 is 0 Å². The maximum absolute atomic E-state index is 13.9. The first kappa shape index (κ1) is 21.8. The molecule has 28 heavy (non-hydrogen) atoms. The van der Waals surface area contributed by atoms with E-state index in [1.165, 1.54) is 12.1 Å². The number of amides is 1. The van der Waals surface area contributed by atoms with E-state index in [9.17, 15) is 17.6 Å². The molecule has 0 heterocycles. The van der Waals surface area contributed by atoms with Gasteiger partial charge in [0, 0.05) is 6.54 Å². The summed E-state index contributed by atoms with van der Waals surface area (Å²) in [4.78, 5) is 12.1. The van der Waals surface area contributed by atoms with Crippen LogP contribution in [0.3, 0.4) is 0 Å². The van der Waals surface area contributed by atoms with E-state index in [-0.39, 0.29) is 12.5 Å². The molecule has 2 N–H and O–H groups in total. The molecule has 6 nitrogen and oxygen atoms in total. The first-order valence-corrected chi connectivity index (χ1v) is 10.5. The quantitative estimate of drug-likeness (QED) is 0.668. The summed E-state index contributed by atoms with van der Waals surface area (Å²) in [5, 5.41) is 2.72. The van der Waals surface area contributed by atoms with E-state index in [0.717, 1.165) is 17.7 Å². The molecule has 0 aliphatic carbocycles. The number of carbonyl (C=O) groups is 1. The Balaban J connectivity index is 2.10. The number of nitrogens with one attached hydrogen (secondary N) is 2. The summed E-state index contributed by atoms with van der Waals surface area (Å²) < 4.78 is 46.6. The Morgan fingerprint density at radius 2 is 1.86 bits per heavy atom. The third-order valence-corrected chi connectivity index (χ3v) is 5.51. The summed E-state index contributed by atoms with van der Waals surface area (Å²) in [6, 6.07) is 11.3. The highest BCUT2D eigenvalue weighted by atomic mass is 32.2. The molecular weight excluding hydrogens is 383 g/mol. The van der Waals surface area contributed by atoms with Crippen molar-refractivity contribution in [3.8, 4) is 5.75 Å². The first-order chi connectivity index (χ1) is 13.2. The SMILES string of the molecule is CCOc1cccc(CNC(=O)[C@@H](NS(=O)(=O)c2ccccc2F)C(C)C)c1. The number of halogens is 1. The van der Waals surface area contributed by atoms with Crippen LogP contribution in [-0.2, 0) is 21.4 Å². The lowest BCUT2D eigenvalue weighted by atomic mass is 10.0. The van der Waals surface area contributed by atoms with Gasteiger partial charge in [-0.3, -0.25) is 4.79 Å². The first-order valence-electron chi connectivity index (χ1n) is 9.01. The lowest BCUT2D eigenvalue weighted by Gasteiger charge is -2.22. The van der Waals surface area contributed by atoms with Crippen molar-refractivity contribution in [2.75, 3.05) is 6.61 Å². The number of sulfonamides is 1. The molecule has 2 aromatic rings. The van der Waals surface area contributed by atoms with Gasteiger partial charge in [0.1, 0.15) is 22.5 Å².